The Labute approximate surface area is 118 Å². The zero-order valence-electron chi connectivity index (χ0n) is 11.9. The Morgan fingerprint density at radius 2 is 2.05 bits per heavy atom. The Bertz CT molecular complexity index is 501. The number of benzene rings is 1. The first-order valence-corrected chi connectivity index (χ1v) is 6.84. The molecule has 2 atom stereocenters. The van der Waals surface area contributed by atoms with Crippen LogP contribution in [0.2, 0.25) is 0 Å². The van der Waals surface area contributed by atoms with Gasteiger partial charge < -0.3 is 20.3 Å². The first-order valence-electron chi connectivity index (χ1n) is 6.84. The van der Waals surface area contributed by atoms with E-state index < -0.39 is 5.97 Å². The van der Waals surface area contributed by atoms with Gasteiger partial charge in [-0.2, -0.15) is 0 Å². The van der Waals surface area contributed by atoms with Gasteiger partial charge in [0.05, 0.1) is 11.7 Å². The molecule has 2 rings (SSSR count). The third-order valence-electron chi connectivity index (χ3n) is 3.80. The summed E-state index contributed by atoms with van der Waals surface area (Å²) < 4.78 is 11.3. The molecule has 20 heavy (non-hydrogen) atoms. The molecule has 0 spiro atoms. The fourth-order valence-electron chi connectivity index (χ4n) is 2.63. The minimum atomic E-state index is -1.03. The van der Waals surface area contributed by atoms with Crippen LogP contribution in [-0.2, 0) is 4.74 Å². The number of rotatable bonds is 4. The smallest absolute Gasteiger partial charge is 0.337 e. The number of nitrogens with two attached hydrogens (primary N) is 1. The highest BCUT2D eigenvalue weighted by molar-refractivity contribution is 5.95. The Morgan fingerprint density at radius 3 is 2.70 bits per heavy atom. The van der Waals surface area contributed by atoms with Crippen molar-refractivity contribution in [2.45, 2.75) is 44.8 Å². The van der Waals surface area contributed by atoms with E-state index in [0.29, 0.717) is 11.4 Å². The van der Waals surface area contributed by atoms with Crippen molar-refractivity contribution < 1.29 is 19.4 Å². The van der Waals surface area contributed by atoms with E-state index in [1.54, 1.807) is 20.1 Å². The molecule has 0 aliphatic heterocycles. The number of nitrogen functional groups attached to an aromatic ring is 1. The fraction of sp³-hybridized carbons (Fsp3) is 0.533. The fourth-order valence-corrected chi connectivity index (χ4v) is 2.63. The number of hydrogen-bond donors (Lipinski definition) is 2. The van der Waals surface area contributed by atoms with Crippen LogP contribution in [0.4, 0.5) is 5.69 Å². The van der Waals surface area contributed by atoms with E-state index in [4.69, 9.17) is 20.3 Å². The van der Waals surface area contributed by atoms with Crippen LogP contribution < -0.4 is 10.5 Å². The maximum atomic E-state index is 11.2. The lowest BCUT2D eigenvalue weighted by atomic mass is 9.95. The summed E-state index contributed by atoms with van der Waals surface area (Å²) in [5.41, 5.74) is 6.89. The molecule has 1 aromatic rings. The summed E-state index contributed by atoms with van der Waals surface area (Å²) in [5, 5.41) is 9.14. The molecule has 0 amide bonds. The topological polar surface area (TPSA) is 81.8 Å². The van der Waals surface area contributed by atoms with Gasteiger partial charge in [-0.3, -0.25) is 0 Å². The molecule has 5 heteroatoms. The predicted molar refractivity (Wildman–Crippen MR) is 76.2 cm³/mol. The van der Waals surface area contributed by atoms with Crippen molar-refractivity contribution in [3.8, 4) is 5.75 Å². The Balaban J connectivity index is 2.15. The van der Waals surface area contributed by atoms with Crippen LogP contribution in [0.5, 0.6) is 5.75 Å². The quantitative estimate of drug-likeness (QED) is 0.828. The first kappa shape index (κ1) is 14.7. The molecule has 0 saturated heterocycles. The van der Waals surface area contributed by atoms with E-state index in [9.17, 15) is 4.79 Å². The number of hydrogen-bond acceptors (Lipinski definition) is 4. The molecule has 0 aromatic heterocycles. The maximum absolute atomic E-state index is 11.2. The number of aryl methyl sites for hydroxylation is 1. The number of carboxylic acid groups (broad SMARTS) is 1. The number of carbonyl (C=O) groups is 1. The van der Waals surface area contributed by atoms with Gasteiger partial charge in [-0.15, -0.1) is 0 Å². The van der Waals surface area contributed by atoms with E-state index in [-0.39, 0.29) is 17.8 Å². The zero-order valence-corrected chi connectivity index (χ0v) is 11.9. The summed E-state index contributed by atoms with van der Waals surface area (Å²) in [5.74, 6) is -0.467. The average molecular weight is 279 g/mol. The summed E-state index contributed by atoms with van der Waals surface area (Å²) in [7, 11) is 1.71. The van der Waals surface area contributed by atoms with E-state index in [1.807, 2.05) is 0 Å². The Morgan fingerprint density at radius 1 is 1.35 bits per heavy atom. The standard InChI is InChI=1S/C15H21NO4/c1-9-6-12(8-13(14(9)16)15(17)18)20-11-5-3-4-10(7-11)19-2/h6,8,10-11H,3-5,7,16H2,1-2H3,(H,17,18). The molecule has 1 aromatic carbocycles. The van der Waals surface area contributed by atoms with Crippen molar-refractivity contribution in [2.75, 3.05) is 12.8 Å². The summed E-state index contributed by atoms with van der Waals surface area (Å²) >= 11 is 0. The molecule has 5 nitrogen and oxygen atoms in total. The van der Waals surface area contributed by atoms with Gasteiger partial charge in [0.25, 0.3) is 0 Å². The lowest BCUT2D eigenvalue weighted by molar-refractivity contribution is 0.0209. The van der Waals surface area contributed by atoms with Crippen molar-refractivity contribution >= 4 is 11.7 Å². The zero-order chi connectivity index (χ0) is 14.7. The van der Waals surface area contributed by atoms with Gasteiger partial charge in [0.2, 0.25) is 0 Å². The van der Waals surface area contributed by atoms with E-state index in [0.717, 1.165) is 31.2 Å². The van der Waals surface area contributed by atoms with Crippen LogP contribution in [0, 0.1) is 6.92 Å². The van der Waals surface area contributed by atoms with Gasteiger partial charge in [0, 0.05) is 19.2 Å². The van der Waals surface area contributed by atoms with Gasteiger partial charge >= 0.3 is 5.97 Å². The van der Waals surface area contributed by atoms with Crippen molar-refractivity contribution in [3.63, 3.8) is 0 Å². The molecule has 1 fully saturated rings. The molecule has 0 bridgehead atoms. The van der Waals surface area contributed by atoms with Crippen LogP contribution in [0.3, 0.4) is 0 Å². The predicted octanol–water partition coefficient (Wildman–Crippen LogP) is 2.61. The number of carboxylic acids is 1. The highest BCUT2D eigenvalue weighted by atomic mass is 16.5. The summed E-state index contributed by atoms with van der Waals surface area (Å²) in [6.07, 6.45) is 4.20. The van der Waals surface area contributed by atoms with Crippen LogP contribution in [0.1, 0.15) is 41.6 Å². The molecule has 110 valence electrons. The summed E-state index contributed by atoms with van der Waals surface area (Å²) in [4.78, 5) is 11.2. The summed E-state index contributed by atoms with van der Waals surface area (Å²) in [6.45, 7) is 1.79. The second kappa shape index (κ2) is 6.13. The van der Waals surface area contributed by atoms with Gasteiger partial charge in [0.1, 0.15) is 11.9 Å². The van der Waals surface area contributed by atoms with Crippen LogP contribution >= 0.6 is 0 Å². The Kier molecular flexibility index (Phi) is 4.49. The second-order valence-electron chi connectivity index (χ2n) is 5.27. The SMILES string of the molecule is COC1CCCC(Oc2cc(C)c(N)c(C(=O)O)c2)C1. The molecule has 1 saturated carbocycles. The highest BCUT2D eigenvalue weighted by Gasteiger charge is 2.23. The number of aromatic carboxylic acids is 1. The van der Waals surface area contributed by atoms with Gasteiger partial charge in [-0.1, -0.05) is 0 Å². The normalized spacial score (nSPS) is 22.5. The minimum Gasteiger partial charge on any atom is -0.490 e. The van der Waals surface area contributed by atoms with Crippen LogP contribution in [0.15, 0.2) is 12.1 Å². The third kappa shape index (κ3) is 3.22. The number of ether oxygens (including phenoxy) is 2. The molecule has 0 radical (unpaired) electrons. The van der Waals surface area contributed by atoms with Gasteiger partial charge in [0.15, 0.2) is 0 Å². The lowest BCUT2D eigenvalue weighted by Gasteiger charge is -2.29. The van der Waals surface area contributed by atoms with E-state index in [2.05, 4.69) is 0 Å². The average Bonchev–Trinajstić information content (AvgIpc) is 2.42. The Hall–Kier alpha value is -1.75. The molecular formula is C15H21NO4. The van der Waals surface area contributed by atoms with Gasteiger partial charge in [-0.25, -0.2) is 4.79 Å². The highest BCUT2D eigenvalue weighted by Crippen LogP contribution is 2.29. The summed E-state index contributed by atoms with van der Waals surface area (Å²) in [6, 6.07) is 3.29. The monoisotopic (exact) mass is 279 g/mol. The second-order valence-corrected chi connectivity index (χ2v) is 5.27. The first-order chi connectivity index (χ1) is 9.51. The van der Waals surface area contributed by atoms with E-state index >= 15 is 0 Å². The molecule has 0 heterocycles. The molecule has 2 unspecified atom stereocenters. The number of methoxy groups -OCH3 is 1. The molecule has 1 aliphatic carbocycles. The lowest BCUT2D eigenvalue weighted by Crippen LogP contribution is -2.29. The van der Waals surface area contributed by atoms with Crippen molar-refractivity contribution in [1.82, 2.24) is 0 Å². The molecule has 1 aliphatic rings. The van der Waals surface area contributed by atoms with E-state index in [1.165, 1.54) is 6.07 Å². The number of anilines is 1. The third-order valence-corrected chi connectivity index (χ3v) is 3.80. The van der Waals surface area contributed by atoms with Gasteiger partial charge in [-0.05, 0) is 43.9 Å². The van der Waals surface area contributed by atoms with Crippen molar-refractivity contribution in [1.29, 1.82) is 0 Å². The minimum absolute atomic E-state index is 0.0679. The van der Waals surface area contributed by atoms with Crippen LogP contribution in [0.25, 0.3) is 0 Å². The van der Waals surface area contributed by atoms with Crippen molar-refractivity contribution in [2.24, 2.45) is 0 Å². The largest absolute Gasteiger partial charge is 0.490 e. The van der Waals surface area contributed by atoms with Crippen molar-refractivity contribution in [3.05, 3.63) is 23.3 Å². The maximum Gasteiger partial charge on any atom is 0.337 e. The van der Waals surface area contributed by atoms with Crippen LogP contribution in [-0.4, -0.2) is 30.4 Å². The molecular weight excluding hydrogens is 258 g/mol. The molecule has 3 N–H and O–H groups in total.